The van der Waals surface area contributed by atoms with Crippen LogP contribution in [0, 0.1) is 5.92 Å². The number of thiophene rings is 1. The molecule has 7 heteroatoms. The van der Waals surface area contributed by atoms with E-state index in [2.05, 4.69) is 62.3 Å². The zero-order valence-corrected chi connectivity index (χ0v) is 19.1. The summed E-state index contributed by atoms with van der Waals surface area (Å²) in [4.78, 5) is 29.6. The van der Waals surface area contributed by atoms with Crippen LogP contribution in [0.3, 0.4) is 0 Å². The largest absolute Gasteiger partial charge is 0.348 e. The molecule has 3 rings (SSSR count). The lowest BCUT2D eigenvalue weighted by Gasteiger charge is -2.23. The van der Waals surface area contributed by atoms with Crippen LogP contribution in [0.25, 0.3) is 10.2 Å². The molecule has 0 aliphatic carbocycles. The molecule has 0 saturated heterocycles. The number of rotatable bonds is 7. The van der Waals surface area contributed by atoms with Gasteiger partial charge in [-0.1, -0.05) is 63.7 Å². The van der Waals surface area contributed by atoms with Crippen LogP contribution in [0.4, 0.5) is 0 Å². The summed E-state index contributed by atoms with van der Waals surface area (Å²) in [6.07, 6.45) is 0. The standard InChI is InChI=1S/C22H27N3O2S2/c1-13(2)15-6-8-16(9-7-15)19(14(3)4)24-18(26)12-29-22-23-17-10-11-28-20(17)21(27)25(22)5/h6-11,13-14,19H,12H2,1-5H3,(H,24,26). The Morgan fingerprint density at radius 3 is 2.41 bits per heavy atom. The van der Waals surface area contributed by atoms with Crippen molar-refractivity contribution in [3.05, 3.63) is 57.2 Å². The molecule has 0 fully saturated rings. The zero-order chi connectivity index (χ0) is 21.1. The normalized spacial score (nSPS) is 12.7. The molecule has 2 heterocycles. The molecule has 29 heavy (non-hydrogen) atoms. The summed E-state index contributed by atoms with van der Waals surface area (Å²) in [5.74, 6) is 0.885. The number of carbonyl (C=O) groups is 1. The van der Waals surface area contributed by atoms with Gasteiger partial charge in [-0.15, -0.1) is 11.3 Å². The molecule has 1 amide bonds. The SMILES string of the molecule is CC(C)c1ccc(C(NC(=O)CSc2nc3ccsc3c(=O)n2C)C(C)C)cc1. The number of thioether (sulfide) groups is 1. The number of aromatic nitrogens is 2. The summed E-state index contributed by atoms with van der Waals surface area (Å²) in [7, 11) is 1.70. The van der Waals surface area contributed by atoms with Crippen molar-refractivity contribution >= 4 is 39.2 Å². The number of amides is 1. The minimum Gasteiger partial charge on any atom is -0.348 e. The summed E-state index contributed by atoms with van der Waals surface area (Å²) >= 11 is 2.68. The predicted molar refractivity (Wildman–Crippen MR) is 122 cm³/mol. The van der Waals surface area contributed by atoms with Crippen molar-refractivity contribution in [2.75, 3.05) is 5.75 Å². The Hall–Kier alpha value is -2.12. The second kappa shape index (κ2) is 9.13. The van der Waals surface area contributed by atoms with Gasteiger partial charge in [-0.25, -0.2) is 4.98 Å². The topological polar surface area (TPSA) is 64.0 Å². The molecule has 1 aromatic carbocycles. The molecule has 0 aliphatic heterocycles. The van der Waals surface area contributed by atoms with Crippen molar-refractivity contribution in [2.45, 2.75) is 44.8 Å². The number of carbonyl (C=O) groups excluding carboxylic acids is 1. The van der Waals surface area contributed by atoms with Crippen LogP contribution in [-0.2, 0) is 11.8 Å². The Labute approximate surface area is 179 Å². The molecule has 3 aromatic rings. The van der Waals surface area contributed by atoms with Gasteiger partial charge in [0.2, 0.25) is 5.91 Å². The van der Waals surface area contributed by atoms with Gasteiger partial charge in [-0.2, -0.15) is 0 Å². The van der Waals surface area contributed by atoms with Gasteiger partial charge < -0.3 is 5.32 Å². The van der Waals surface area contributed by atoms with E-state index in [-0.39, 0.29) is 29.2 Å². The minimum absolute atomic E-state index is 0.0551. The maximum absolute atomic E-state index is 12.6. The zero-order valence-electron chi connectivity index (χ0n) is 17.4. The highest BCUT2D eigenvalue weighted by Gasteiger charge is 2.19. The highest BCUT2D eigenvalue weighted by molar-refractivity contribution is 7.99. The van der Waals surface area contributed by atoms with E-state index in [1.165, 1.54) is 33.2 Å². The lowest BCUT2D eigenvalue weighted by molar-refractivity contribution is -0.119. The van der Waals surface area contributed by atoms with Crippen LogP contribution in [0.1, 0.15) is 50.8 Å². The average Bonchev–Trinajstić information content (AvgIpc) is 3.16. The fourth-order valence-corrected chi connectivity index (χ4v) is 4.75. The summed E-state index contributed by atoms with van der Waals surface area (Å²) in [5, 5.41) is 5.56. The fraction of sp³-hybridized carbons (Fsp3) is 0.409. The van der Waals surface area contributed by atoms with Crippen molar-refractivity contribution in [1.29, 1.82) is 0 Å². The molecule has 0 radical (unpaired) electrons. The second-order valence-electron chi connectivity index (χ2n) is 7.79. The van der Waals surface area contributed by atoms with Crippen LogP contribution in [0.5, 0.6) is 0 Å². The van der Waals surface area contributed by atoms with Gasteiger partial charge >= 0.3 is 0 Å². The summed E-state index contributed by atoms with van der Waals surface area (Å²) < 4.78 is 2.16. The van der Waals surface area contributed by atoms with Gasteiger partial charge in [0.15, 0.2) is 5.16 Å². The first-order chi connectivity index (χ1) is 13.8. The maximum Gasteiger partial charge on any atom is 0.271 e. The highest BCUT2D eigenvalue weighted by Crippen LogP contribution is 2.25. The molecule has 0 saturated carbocycles. The Morgan fingerprint density at radius 2 is 1.79 bits per heavy atom. The average molecular weight is 430 g/mol. The predicted octanol–water partition coefficient (Wildman–Crippen LogP) is 4.72. The van der Waals surface area contributed by atoms with Gasteiger partial charge in [0, 0.05) is 7.05 Å². The Kier molecular flexibility index (Phi) is 6.80. The van der Waals surface area contributed by atoms with E-state index in [9.17, 15) is 9.59 Å². The lowest BCUT2D eigenvalue weighted by atomic mass is 9.93. The summed E-state index contributed by atoms with van der Waals surface area (Å²) in [6.45, 7) is 8.54. The molecule has 5 nitrogen and oxygen atoms in total. The summed E-state index contributed by atoms with van der Waals surface area (Å²) in [5.41, 5.74) is 3.01. The number of benzene rings is 1. The van der Waals surface area contributed by atoms with Crippen molar-refractivity contribution in [1.82, 2.24) is 14.9 Å². The summed E-state index contributed by atoms with van der Waals surface area (Å²) in [6, 6.07) is 10.2. The van der Waals surface area contributed by atoms with E-state index < -0.39 is 0 Å². The molecule has 0 bridgehead atoms. The highest BCUT2D eigenvalue weighted by atomic mass is 32.2. The van der Waals surface area contributed by atoms with Crippen molar-refractivity contribution in [3.63, 3.8) is 0 Å². The first-order valence-corrected chi connectivity index (χ1v) is 11.6. The Balaban J connectivity index is 1.70. The maximum atomic E-state index is 12.6. The molecule has 0 spiro atoms. The van der Waals surface area contributed by atoms with Crippen LogP contribution < -0.4 is 10.9 Å². The van der Waals surface area contributed by atoms with E-state index in [4.69, 9.17) is 0 Å². The number of nitrogens with zero attached hydrogens (tertiary/aromatic N) is 2. The molecule has 154 valence electrons. The first kappa shape index (κ1) is 21.6. The monoisotopic (exact) mass is 429 g/mol. The first-order valence-electron chi connectivity index (χ1n) is 9.74. The van der Waals surface area contributed by atoms with E-state index in [0.717, 1.165) is 5.56 Å². The molecular formula is C22H27N3O2S2. The molecule has 2 aromatic heterocycles. The van der Waals surface area contributed by atoms with E-state index in [1.807, 2.05) is 11.4 Å². The minimum atomic E-state index is -0.0711. The van der Waals surface area contributed by atoms with Gasteiger partial charge in [0.25, 0.3) is 5.56 Å². The van der Waals surface area contributed by atoms with Gasteiger partial charge in [-0.3, -0.25) is 14.2 Å². The molecule has 1 N–H and O–H groups in total. The van der Waals surface area contributed by atoms with Crippen LogP contribution in [0.15, 0.2) is 45.7 Å². The number of hydrogen-bond acceptors (Lipinski definition) is 5. The Morgan fingerprint density at radius 1 is 1.14 bits per heavy atom. The molecule has 1 atom stereocenters. The Bertz CT molecular complexity index is 1050. The van der Waals surface area contributed by atoms with Gasteiger partial charge in [0.05, 0.1) is 17.3 Å². The number of nitrogens with one attached hydrogen (secondary N) is 1. The quantitative estimate of drug-likeness (QED) is 0.436. The van der Waals surface area contributed by atoms with E-state index in [0.29, 0.717) is 21.3 Å². The van der Waals surface area contributed by atoms with Crippen LogP contribution >= 0.6 is 23.1 Å². The molecule has 0 aliphatic rings. The second-order valence-corrected chi connectivity index (χ2v) is 9.65. The van der Waals surface area contributed by atoms with Gasteiger partial charge in [-0.05, 0) is 34.4 Å². The van der Waals surface area contributed by atoms with E-state index in [1.54, 1.807) is 7.05 Å². The molecular weight excluding hydrogens is 402 g/mol. The van der Waals surface area contributed by atoms with Crippen LogP contribution in [0.2, 0.25) is 0 Å². The van der Waals surface area contributed by atoms with Crippen LogP contribution in [-0.4, -0.2) is 21.2 Å². The smallest absolute Gasteiger partial charge is 0.271 e. The lowest BCUT2D eigenvalue weighted by Crippen LogP contribution is -2.33. The molecule has 1 unspecified atom stereocenters. The van der Waals surface area contributed by atoms with Crippen molar-refractivity contribution in [3.8, 4) is 0 Å². The fourth-order valence-electron chi connectivity index (χ4n) is 3.17. The number of fused-ring (bicyclic) bond motifs is 1. The third-order valence-electron chi connectivity index (χ3n) is 4.92. The number of hydrogen-bond donors (Lipinski definition) is 1. The third-order valence-corrected chi connectivity index (χ3v) is 6.85. The third kappa shape index (κ3) is 4.90. The van der Waals surface area contributed by atoms with Crippen molar-refractivity contribution < 1.29 is 4.79 Å². The van der Waals surface area contributed by atoms with Gasteiger partial charge in [0.1, 0.15) is 4.70 Å². The van der Waals surface area contributed by atoms with Crippen molar-refractivity contribution in [2.24, 2.45) is 13.0 Å². The van der Waals surface area contributed by atoms with E-state index >= 15 is 0 Å².